The number of ether oxygens (including phenoxy) is 2. The Bertz CT molecular complexity index is 341. The minimum Gasteiger partial charge on any atom is -0.465 e. The summed E-state index contributed by atoms with van der Waals surface area (Å²) in [4.78, 5) is 23.3. The molecule has 0 fully saturated rings. The molecule has 0 saturated carbocycles. The highest BCUT2D eigenvalue weighted by Crippen LogP contribution is 2.15. The second kappa shape index (κ2) is 7.06. The largest absolute Gasteiger partial charge is 0.465 e. The van der Waals surface area contributed by atoms with Gasteiger partial charge in [0.05, 0.1) is 13.2 Å². The summed E-state index contributed by atoms with van der Waals surface area (Å²) in [5.41, 5.74) is 0.945. The maximum absolute atomic E-state index is 11.7. The zero-order chi connectivity index (χ0) is 12.7. The molecule has 0 aliphatic rings. The molecule has 1 heterocycles. The monoisotopic (exact) mass is 256 g/mol. The summed E-state index contributed by atoms with van der Waals surface area (Å²) in [6.45, 7) is 3.95. The quantitative estimate of drug-likeness (QED) is 0.577. The topological polar surface area (TPSA) is 52.6 Å². The minimum absolute atomic E-state index is 0.262. The molecule has 0 unspecified atom stereocenters. The molecule has 0 bridgehead atoms. The summed E-state index contributed by atoms with van der Waals surface area (Å²) in [5.74, 6) is -1.89. The van der Waals surface area contributed by atoms with Crippen LogP contribution in [0.1, 0.15) is 19.4 Å². The molecule has 0 atom stereocenters. The van der Waals surface area contributed by atoms with Gasteiger partial charge in [0.15, 0.2) is 5.92 Å². The van der Waals surface area contributed by atoms with Gasteiger partial charge in [-0.3, -0.25) is 9.59 Å². The third-order valence-corrected chi connectivity index (χ3v) is 2.89. The summed E-state index contributed by atoms with van der Waals surface area (Å²) in [6, 6.07) is 1.89. The van der Waals surface area contributed by atoms with Crippen molar-refractivity contribution in [1.29, 1.82) is 0 Å². The fourth-order valence-corrected chi connectivity index (χ4v) is 2.07. The van der Waals surface area contributed by atoms with Crippen LogP contribution < -0.4 is 0 Å². The molecule has 0 aromatic carbocycles. The number of carbonyl (C=O) groups excluding carboxylic acids is 2. The van der Waals surface area contributed by atoms with Crippen LogP contribution in [0.15, 0.2) is 16.8 Å². The average molecular weight is 256 g/mol. The lowest BCUT2D eigenvalue weighted by Gasteiger charge is -2.13. The molecule has 0 aliphatic heterocycles. The molecule has 94 valence electrons. The fraction of sp³-hybridized carbons (Fsp3) is 0.500. The van der Waals surface area contributed by atoms with Crippen molar-refractivity contribution in [1.82, 2.24) is 0 Å². The Morgan fingerprint density at radius 1 is 1.24 bits per heavy atom. The Kier molecular flexibility index (Phi) is 5.69. The van der Waals surface area contributed by atoms with Crippen LogP contribution in [0.25, 0.3) is 0 Å². The van der Waals surface area contributed by atoms with Crippen LogP contribution in [0.2, 0.25) is 0 Å². The van der Waals surface area contributed by atoms with Gasteiger partial charge in [-0.1, -0.05) is 0 Å². The predicted molar refractivity (Wildman–Crippen MR) is 64.8 cm³/mol. The van der Waals surface area contributed by atoms with E-state index < -0.39 is 17.9 Å². The van der Waals surface area contributed by atoms with Crippen molar-refractivity contribution in [3.63, 3.8) is 0 Å². The molecule has 17 heavy (non-hydrogen) atoms. The van der Waals surface area contributed by atoms with Crippen LogP contribution in [-0.2, 0) is 25.5 Å². The molecule has 0 radical (unpaired) electrons. The van der Waals surface area contributed by atoms with Gasteiger partial charge in [-0.15, -0.1) is 0 Å². The maximum Gasteiger partial charge on any atom is 0.320 e. The van der Waals surface area contributed by atoms with Crippen LogP contribution in [0.3, 0.4) is 0 Å². The molecule has 1 rings (SSSR count). The van der Waals surface area contributed by atoms with E-state index in [0.717, 1.165) is 5.56 Å². The van der Waals surface area contributed by atoms with Crippen LogP contribution >= 0.6 is 11.3 Å². The van der Waals surface area contributed by atoms with E-state index in [2.05, 4.69) is 0 Å². The van der Waals surface area contributed by atoms with Gasteiger partial charge in [0, 0.05) is 0 Å². The van der Waals surface area contributed by atoms with Crippen LogP contribution in [0.4, 0.5) is 0 Å². The molecular weight excluding hydrogens is 240 g/mol. The first-order chi connectivity index (χ1) is 8.19. The van der Waals surface area contributed by atoms with Crippen molar-refractivity contribution in [2.45, 2.75) is 20.3 Å². The zero-order valence-corrected chi connectivity index (χ0v) is 10.8. The third kappa shape index (κ3) is 4.19. The van der Waals surface area contributed by atoms with E-state index in [4.69, 9.17) is 9.47 Å². The normalized spacial score (nSPS) is 10.3. The van der Waals surface area contributed by atoms with Crippen molar-refractivity contribution >= 4 is 23.3 Å². The lowest BCUT2D eigenvalue weighted by atomic mass is 10.0. The van der Waals surface area contributed by atoms with E-state index in [1.54, 1.807) is 13.8 Å². The van der Waals surface area contributed by atoms with Gasteiger partial charge in [-0.05, 0) is 42.7 Å². The smallest absolute Gasteiger partial charge is 0.320 e. The molecular formula is C12H16O4S. The summed E-state index contributed by atoms with van der Waals surface area (Å²) in [6.07, 6.45) is 0.334. The van der Waals surface area contributed by atoms with Gasteiger partial charge in [-0.2, -0.15) is 11.3 Å². The van der Waals surface area contributed by atoms with Crippen molar-refractivity contribution in [3.05, 3.63) is 22.4 Å². The van der Waals surface area contributed by atoms with Gasteiger partial charge in [-0.25, -0.2) is 0 Å². The first-order valence-corrected chi connectivity index (χ1v) is 6.47. The molecule has 1 aromatic rings. The summed E-state index contributed by atoms with van der Waals surface area (Å²) in [5, 5.41) is 3.81. The standard InChI is InChI=1S/C12H16O4S/c1-3-15-11(13)10(12(14)16-4-2)7-9-5-6-17-8-9/h5-6,8,10H,3-4,7H2,1-2H3. The van der Waals surface area contributed by atoms with Gasteiger partial charge < -0.3 is 9.47 Å². The Morgan fingerprint density at radius 3 is 2.24 bits per heavy atom. The first-order valence-electron chi connectivity index (χ1n) is 5.53. The lowest BCUT2D eigenvalue weighted by Crippen LogP contribution is -2.29. The minimum atomic E-state index is -0.857. The highest BCUT2D eigenvalue weighted by Gasteiger charge is 2.29. The Morgan fingerprint density at radius 2 is 1.82 bits per heavy atom. The summed E-state index contributed by atoms with van der Waals surface area (Å²) >= 11 is 1.53. The van der Waals surface area contributed by atoms with E-state index >= 15 is 0 Å². The Hall–Kier alpha value is -1.36. The Balaban J connectivity index is 2.71. The first kappa shape index (κ1) is 13.7. The lowest BCUT2D eigenvalue weighted by molar-refractivity contribution is -0.161. The van der Waals surface area contributed by atoms with Crippen LogP contribution in [0.5, 0.6) is 0 Å². The number of rotatable bonds is 6. The molecule has 0 saturated heterocycles. The van der Waals surface area contributed by atoms with Crippen molar-refractivity contribution in [3.8, 4) is 0 Å². The van der Waals surface area contributed by atoms with Crippen LogP contribution in [0, 0.1) is 5.92 Å². The maximum atomic E-state index is 11.7. The second-order valence-corrected chi connectivity index (χ2v) is 4.17. The summed E-state index contributed by atoms with van der Waals surface area (Å²) in [7, 11) is 0. The molecule has 5 heteroatoms. The molecule has 0 N–H and O–H groups in total. The number of thiophene rings is 1. The highest BCUT2D eigenvalue weighted by atomic mass is 32.1. The van der Waals surface area contributed by atoms with E-state index in [1.165, 1.54) is 11.3 Å². The average Bonchev–Trinajstić information content (AvgIpc) is 2.79. The summed E-state index contributed by atoms with van der Waals surface area (Å²) < 4.78 is 9.77. The van der Waals surface area contributed by atoms with Crippen molar-refractivity contribution in [2.75, 3.05) is 13.2 Å². The molecule has 1 aromatic heterocycles. The molecule has 0 spiro atoms. The number of hydrogen-bond donors (Lipinski definition) is 0. The number of carbonyl (C=O) groups is 2. The van der Waals surface area contributed by atoms with Gasteiger partial charge in [0.1, 0.15) is 0 Å². The molecule has 0 amide bonds. The van der Waals surface area contributed by atoms with Gasteiger partial charge in [0.2, 0.25) is 0 Å². The van der Waals surface area contributed by atoms with E-state index in [1.807, 2.05) is 16.8 Å². The molecule has 4 nitrogen and oxygen atoms in total. The highest BCUT2D eigenvalue weighted by molar-refractivity contribution is 7.07. The molecule has 0 aliphatic carbocycles. The second-order valence-electron chi connectivity index (χ2n) is 3.39. The zero-order valence-electron chi connectivity index (χ0n) is 9.97. The Labute approximate surface area is 105 Å². The van der Waals surface area contributed by atoms with Crippen molar-refractivity contribution in [2.24, 2.45) is 5.92 Å². The van der Waals surface area contributed by atoms with Gasteiger partial charge >= 0.3 is 11.9 Å². The third-order valence-electron chi connectivity index (χ3n) is 2.16. The fourth-order valence-electron chi connectivity index (χ4n) is 1.39. The number of hydrogen-bond acceptors (Lipinski definition) is 5. The predicted octanol–water partition coefficient (Wildman–Crippen LogP) is 2.03. The van der Waals surface area contributed by atoms with E-state index in [0.29, 0.717) is 6.42 Å². The van der Waals surface area contributed by atoms with Crippen LogP contribution in [-0.4, -0.2) is 25.2 Å². The van der Waals surface area contributed by atoms with E-state index in [-0.39, 0.29) is 13.2 Å². The van der Waals surface area contributed by atoms with Crippen molar-refractivity contribution < 1.29 is 19.1 Å². The number of esters is 2. The SMILES string of the molecule is CCOC(=O)C(Cc1ccsc1)C(=O)OCC. The van der Waals surface area contributed by atoms with E-state index in [9.17, 15) is 9.59 Å². The van der Waals surface area contributed by atoms with Gasteiger partial charge in [0.25, 0.3) is 0 Å².